The lowest BCUT2D eigenvalue weighted by Gasteiger charge is -2.23. The van der Waals surface area contributed by atoms with Gasteiger partial charge in [0, 0.05) is 6.54 Å². The topological polar surface area (TPSA) is 30.5 Å². The maximum atomic E-state index is 5.85. The predicted octanol–water partition coefficient (Wildman–Crippen LogP) is 2.01. The Hall–Kier alpha value is -1.06. The molecule has 0 aliphatic carbocycles. The number of ether oxygens (including phenoxy) is 2. The van der Waals surface area contributed by atoms with Crippen molar-refractivity contribution in [2.24, 2.45) is 0 Å². The van der Waals surface area contributed by atoms with Gasteiger partial charge < -0.3 is 14.8 Å². The summed E-state index contributed by atoms with van der Waals surface area (Å²) in [6.07, 6.45) is 3.80. The molecule has 3 heteroatoms. The molecule has 1 aromatic rings. The van der Waals surface area contributed by atoms with E-state index in [2.05, 4.69) is 17.4 Å². The molecule has 1 aromatic carbocycles. The fourth-order valence-corrected chi connectivity index (χ4v) is 2.10. The van der Waals surface area contributed by atoms with Crippen molar-refractivity contribution < 1.29 is 9.47 Å². The summed E-state index contributed by atoms with van der Waals surface area (Å²) in [5, 5.41) is 3.36. The lowest BCUT2D eigenvalue weighted by atomic mass is 10.1. The normalized spacial score (nSPS) is 20.2. The van der Waals surface area contributed by atoms with Gasteiger partial charge in [-0.15, -0.1) is 0 Å². The first-order valence-electron chi connectivity index (χ1n) is 6.34. The molecule has 1 aliphatic rings. The first-order valence-corrected chi connectivity index (χ1v) is 6.34. The van der Waals surface area contributed by atoms with Gasteiger partial charge in [0.05, 0.1) is 19.8 Å². The van der Waals surface area contributed by atoms with Crippen molar-refractivity contribution in [3.05, 3.63) is 29.8 Å². The van der Waals surface area contributed by atoms with Crippen molar-refractivity contribution in [1.82, 2.24) is 5.32 Å². The molecule has 0 amide bonds. The quantitative estimate of drug-likeness (QED) is 0.847. The van der Waals surface area contributed by atoms with Gasteiger partial charge in [-0.1, -0.05) is 12.1 Å². The van der Waals surface area contributed by atoms with E-state index < -0.39 is 0 Å². The number of hydrogen-bond donors (Lipinski definition) is 1. The van der Waals surface area contributed by atoms with E-state index in [0.717, 1.165) is 31.9 Å². The van der Waals surface area contributed by atoms with Crippen LogP contribution in [0.5, 0.6) is 5.75 Å². The average molecular weight is 235 g/mol. The molecule has 0 unspecified atom stereocenters. The second kappa shape index (κ2) is 6.62. The minimum atomic E-state index is 0.405. The van der Waals surface area contributed by atoms with Gasteiger partial charge in [-0.2, -0.15) is 0 Å². The van der Waals surface area contributed by atoms with Gasteiger partial charge in [0.1, 0.15) is 5.75 Å². The highest BCUT2D eigenvalue weighted by atomic mass is 16.5. The van der Waals surface area contributed by atoms with Gasteiger partial charge in [-0.05, 0) is 43.5 Å². The maximum absolute atomic E-state index is 5.85. The van der Waals surface area contributed by atoms with Crippen LogP contribution >= 0.6 is 0 Å². The maximum Gasteiger partial charge on any atom is 0.118 e. The first kappa shape index (κ1) is 12.4. The lowest BCUT2D eigenvalue weighted by molar-refractivity contribution is 0.0390. The van der Waals surface area contributed by atoms with Crippen LogP contribution in [0.3, 0.4) is 0 Å². The van der Waals surface area contributed by atoms with Gasteiger partial charge in [-0.25, -0.2) is 0 Å². The van der Waals surface area contributed by atoms with Crippen LogP contribution in [0.2, 0.25) is 0 Å². The Morgan fingerprint density at radius 2 is 2.12 bits per heavy atom. The van der Waals surface area contributed by atoms with Crippen LogP contribution in [0.4, 0.5) is 0 Å². The molecular formula is C14H21NO2. The third kappa shape index (κ3) is 4.02. The number of hydrogen-bond acceptors (Lipinski definition) is 3. The van der Waals surface area contributed by atoms with E-state index in [1.54, 1.807) is 7.11 Å². The number of piperidine rings is 1. The standard InChI is InChI=1S/C14H21NO2/c1-16-13-6-4-12(5-7-13)8-10-17-14-3-2-9-15-11-14/h4-7,14-15H,2-3,8-11H2,1H3/t14-/m0/s1. The highest BCUT2D eigenvalue weighted by Crippen LogP contribution is 2.12. The Labute approximate surface area is 103 Å². The number of nitrogens with one attached hydrogen (secondary N) is 1. The fraction of sp³-hybridized carbons (Fsp3) is 0.571. The van der Waals surface area contributed by atoms with Gasteiger partial charge in [0.25, 0.3) is 0 Å². The minimum Gasteiger partial charge on any atom is -0.497 e. The summed E-state index contributed by atoms with van der Waals surface area (Å²) in [4.78, 5) is 0. The minimum absolute atomic E-state index is 0.405. The smallest absolute Gasteiger partial charge is 0.118 e. The second-order valence-corrected chi connectivity index (χ2v) is 4.44. The molecule has 1 N–H and O–H groups in total. The zero-order chi connectivity index (χ0) is 11.9. The Morgan fingerprint density at radius 1 is 1.29 bits per heavy atom. The molecular weight excluding hydrogens is 214 g/mol. The summed E-state index contributed by atoms with van der Waals surface area (Å²) in [5.41, 5.74) is 1.30. The lowest BCUT2D eigenvalue weighted by Crippen LogP contribution is -2.35. The van der Waals surface area contributed by atoms with E-state index in [-0.39, 0.29) is 0 Å². The highest BCUT2D eigenvalue weighted by Gasteiger charge is 2.12. The van der Waals surface area contributed by atoms with Crippen LogP contribution in [0, 0.1) is 0 Å². The van der Waals surface area contributed by atoms with Gasteiger partial charge in [0.2, 0.25) is 0 Å². The molecule has 17 heavy (non-hydrogen) atoms. The number of rotatable bonds is 5. The summed E-state index contributed by atoms with van der Waals surface area (Å²) in [5.74, 6) is 0.908. The van der Waals surface area contributed by atoms with E-state index >= 15 is 0 Å². The summed E-state index contributed by atoms with van der Waals surface area (Å²) in [6.45, 7) is 2.94. The first-order chi connectivity index (χ1) is 8.38. The zero-order valence-electron chi connectivity index (χ0n) is 10.4. The molecule has 1 aliphatic heterocycles. The third-order valence-electron chi connectivity index (χ3n) is 3.16. The van der Waals surface area contributed by atoms with E-state index in [1.807, 2.05) is 12.1 Å². The highest BCUT2D eigenvalue weighted by molar-refractivity contribution is 5.27. The van der Waals surface area contributed by atoms with E-state index in [0.29, 0.717) is 6.10 Å². The van der Waals surface area contributed by atoms with E-state index in [1.165, 1.54) is 18.4 Å². The van der Waals surface area contributed by atoms with Gasteiger partial charge in [-0.3, -0.25) is 0 Å². The second-order valence-electron chi connectivity index (χ2n) is 4.44. The molecule has 0 bridgehead atoms. The SMILES string of the molecule is COc1ccc(CCO[C@H]2CCCNC2)cc1. The Kier molecular flexibility index (Phi) is 4.83. The summed E-state index contributed by atoms with van der Waals surface area (Å²) in [6, 6.07) is 8.19. The Bertz CT molecular complexity index is 317. The van der Waals surface area contributed by atoms with Gasteiger partial charge in [0.15, 0.2) is 0 Å². The van der Waals surface area contributed by atoms with E-state index in [4.69, 9.17) is 9.47 Å². The van der Waals surface area contributed by atoms with Crippen LogP contribution in [-0.2, 0) is 11.2 Å². The number of methoxy groups -OCH3 is 1. The van der Waals surface area contributed by atoms with Crippen molar-refractivity contribution in [3.8, 4) is 5.75 Å². The van der Waals surface area contributed by atoms with Crippen LogP contribution in [0.15, 0.2) is 24.3 Å². The molecule has 2 rings (SSSR count). The van der Waals surface area contributed by atoms with Crippen molar-refractivity contribution in [3.63, 3.8) is 0 Å². The van der Waals surface area contributed by atoms with Crippen LogP contribution in [-0.4, -0.2) is 32.9 Å². The monoisotopic (exact) mass is 235 g/mol. The van der Waals surface area contributed by atoms with Crippen molar-refractivity contribution in [2.45, 2.75) is 25.4 Å². The summed E-state index contributed by atoms with van der Waals surface area (Å²) >= 11 is 0. The van der Waals surface area contributed by atoms with Crippen molar-refractivity contribution in [1.29, 1.82) is 0 Å². The number of benzene rings is 1. The average Bonchev–Trinajstić information content (AvgIpc) is 2.41. The van der Waals surface area contributed by atoms with Crippen molar-refractivity contribution >= 4 is 0 Å². The van der Waals surface area contributed by atoms with Crippen LogP contribution in [0.25, 0.3) is 0 Å². The Balaban J connectivity index is 1.69. The van der Waals surface area contributed by atoms with Crippen LogP contribution < -0.4 is 10.1 Å². The van der Waals surface area contributed by atoms with Gasteiger partial charge >= 0.3 is 0 Å². The molecule has 94 valence electrons. The zero-order valence-corrected chi connectivity index (χ0v) is 10.4. The molecule has 1 saturated heterocycles. The molecule has 0 spiro atoms. The molecule has 1 atom stereocenters. The third-order valence-corrected chi connectivity index (χ3v) is 3.16. The summed E-state index contributed by atoms with van der Waals surface area (Å²) < 4.78 is 11.0. The molecule has 1 heterocycles. The molecule has 3 nitrogen and oxygen atoms in total. The molecule has 1 fully saturated rings. The molecule has 0 radical (unpaired) electrons. The molecule has 0 aromatic heterocycles. The largest absolute Gasteiger partial charge is 0.497 e. The van der Waals surface area contributed by atoms with E-state index in [9.17, 15) is 0 Å². The predicted molar refractivity (Wildman–Crippen MR) is 68.5 cm³/mol. The summed E-state index contributed by atoms with van der Waals surface area (Å²) in [7, 11) is 1.69. The van der Waals surface area contributed by atoms with Crippen LogP contribution in [0.1, 0.15) is 18.4 Å². The Morgan fingerprint density at radius 3 is 2.76 bits per heavy atom. The van der Waals surface area contributed by atoms with Crippen molar-refractivity contribution in [2.75, 3.05) is 26.8 Å². The fourth-order valence-electron chi connectivity index (χ4n) is 2.10. The molecule has 0 saturated carbocycles.